The van der Waals surface area contributed by atoms with Crippen molar-refractivity contribution in [1.29, 1.82) is 0 Å². The molecule has 0 unspecified atom stereocenters. The van der Waals surface area contributed by atoms with Crippen molar-refractivity contribution < 1.29 is 8.85 Å². The van der Waals surface area contributed by atoms with Crippen molar-refractivity contribution in [3.05, 3.63) is 48.5 Å². The first-order valence-corrected chi connectivity index (χ1v) is 5.95. The lowest BCUT2D eigenvalue weighted by Gasteiger charge is -1.92. The van der Waals surface area contributed by atoms with Crippen LogP contribution in [0, 0.1) is 0 Å². The average Bonchev–Trinajstić information content (AvgIpc) is 2.31. The summed E-state index contributed by atoms with van der Waals surface area (Å²) in [4.78, 5) is 0. The SMILES string of the molecule is CO[SiH2]OC.c1ccc2ccccc2c1. The van der Waals surface area contributed by atoms with E-state index in [1.807, 2.05) is 0 Å². The van der Waals surface area contributed by atoms with Gasteiger partial charge in [0.2, 0.25) is 0 Å². The van der Waals surface area contributed by atoms with E-state index in [9.17, 15) is 0 Å². The molecule has 0 spiro atoms. The molecule has 0 radical (unpaired) electrons. The van der Waals surface area contributed by atoms with Crippen LogP contribution in [0.5, 0.6) is 0 Å². The van der Waals surface area contributed by atoms with Crippen LogP contribution in [-0.2, 0) is 8.85 Å². The Kier molecular flexibility index (Phi) is 5.69. The van der Waals surface area contributed by atoms with E-state index in [1.54, 1.807) is 14.2 Å². The van der Waals surface area contributed by atoms with Gasteiger partial charge in [0, 0.05) is 14.2 Å². The third-order valence-corrected chi connectivity index (χ3v) is 2.37. The number of hydrogen-bond acceptors (Lipinski definition) is 2. The highest BCUT2D eigenvalue weighted by Gasteiger charge is 1.85. The maximum absolute atomic E-state index is 4.61. The molecule has 2 nitrogen and oxygen atoms in total. The Morgan fingerprint density at radius 2 is 1.07 bits per heavy atom. The van der Waals surface area contributed by atoms with Gasteiger partial charge in [0.25, 0.3) is 0 Å². The first-order valence-electron chi connectivity index (χ1n) is 4.80. The first kappa shape index (κ1) is 11.9. The molecule has 0 saturated heterocycles. The van der Waals surface area contributed by atoms with E-state index in [0.29, 0.717) is 0 Å². The van der Waals surface area contributed by atoms with E-state index in [1.165, 1.54) is 10.8 Å². The third-order valence-electron chi connectivity index (χ3n) is 1.89. The van der Waals surface area contributed by atoms with Crippen LogP contribution in [0.2, 0.25) is 0 Å². The minimum absolute atomic E-state index is 0.568. The highest BCUT2D eigenvalue weighted by Crippen LogP contribution is 2.11. The van der Waals surface area contributed by atoms with Gasteiger partial charge in [-0.3, -0.25) is 0 Å². The van der Waals surface area contributed by atoms with E-state index < -0.39 is 10.0 Å². The molecular weight excluding hydrogens is 204 g/mol. The fourth-order valence-corrected chi connectivity index (χ4v) is 1.49. The lowest BCUT2D eigenvalue weighted by atomic mass is 10.1. The summed E-state index contributed by atoms with van der Waals surface area (Å²) in [6.07, 6.45) is 0. The van der Waals surface area contributed by atoms with Crippen LogP contribution in [0.1, 0.15) is 0 Å². The number of fused-ring (bicyclic) bond motifs is 1. The minimum Gasteiger partial charge on any atom is -0.402 e. The quantitative estimate of drug-likeness (QED) is 0.722. The molecule has 0 aromatic heterocycles. The van der Waals surface area contributed by atoms with Crippen molar-refractivity contribution >= 4 is 20.8 Å². The fraction of sp³-hybridized carbons (Fsp3) is 0.167. The van der Waals surface area contributed by atoms with Gasteiger partial charge in [0.1, 0.15) is 0 Å². The summed E-state index contributed by atoms with van der Waals surface area (Å²) in [5.41, 5.74) is 0. The fourth-order valence-electron chi connectivity index (χ4n) is 1.25. The average molecular weight is 220 g/mol. The molecule has 0 atom stereocenters. The lowest BCUT2D eigenvalue weighted by Crippen LogP contribution is -1.93. The zero-order chi connectivity index (χ0) is 10.9. The third kappa shape index (κ3) is 4.25. The van der Waals surface area contributed by atoms with Crippen LogP contribution in [0.4, 0.5) is 0 Å². The molecule has 0 aliphatic rings. The summed E-state index contributed by atoms with van der Waals surface area (Å²) >= 11 is 0. The van der Waals surface area contributed by atoms with Crippen molar-refractivity contribution in [2.75, 3.05) is 14.2 Å². The molecule has 0 N–H and O–H groups in total. The standard InChI is InChI=1S/C10H8.C2H8O2Si/c1-2-6-10-8-4-3-7-9(10)5-1;1-3-5-4-2/h1-8H;5H2,1-2H3. The summed E-state index contributed by atoms with van der Waals surface area (Å²) in [5, 5.41) is 2.62. The molecule has 0 heterocycles. The van der Waals surface area contributed by atoms with Gasteiger partial charge in [-0.25, -0.2) is 0 Å². The molecular formula is C12H16O2Si. The van der Waals surface area contributed by atoms with Crippen molar-refractivity contribution in [2.24, 2.45) is 0 Å². The Bertz CT molecular complexity index is 323. The van der Waals surface area contributed by atoms with Gasteiger partial charge in [-0.2, -0.15) is 0 Å². The molecule has 80 valence electrons. The van der Waals surface area contributed by atoms with E-state index in [4.69, 9.17) is 0 Å². The number of rotatable bonds is 2. The Morgan fingerprint density at radius 1 is 0.733 bits per heavy atom. The molecule has 0 saturated carbocycles. The maximum Gasteiger partial charge on any atom is 0.303 e. The zero-order valence-electron chi connectivity index (χ0n) is 9.14. The minimum atomic E-state index is -0.568. The molecule has 0 amide bonds. The largest absolute Gasteiger partial charge is 0.402 e. The Labute approximate surface area is 92.9 Å². The maximum atomic E-state index is 4.61. The Hall–Kier alpha value is -1.16. The summed E-state index contributed by atoms with van der Waals surface area (Å²) in [6, 6.07) is 16.7. The van der Waals surface area contributed by atoms with Gasteiger partial charge in [0.05, 0.1) is 0 Å². The summed E-state index contributed by atoms with van der Waals surface area (Å²) in [5.74, 6) is 0. The van der Waals surface area contributed by atoms with Crippen molar-refractivity contribution in [2.45, 2.75) is 0 Å². The number of hydrogen-bond donors (Lipinski definition) is 0. The van der Waals surface area contributed by atoms with E-state index >= 15 is 0 Å². The van der Waals surface area contributed by atoms with Gasteiger partial charge in [-0.15, -0.1) is 0 Å². The molecule has 0 aliphatic carbocycles. The van der Waals surface area contributed by atoms with Crippen LogP contribution in [0.15, 0.2) is 48.5 Å². The number of benzene rings is 2. The smallest absolute Gasteiger partial charge is 0.303 e. The lowest BCUT2D eigenvalue weighted by molar-refractivity contribution is 0.309. The Morgan fingerprint density at radius 3 is 1.27 bits per heavy atom. The molecule has 2 aromatic carbocycles. The van der Waals surface area contributed by atoms with Crippen molar-refractivity contribution in [3.8, 4) is 0 Å². The van der Waals surface area contributed by atoms with Gasteiger partial charge in [-0.1, -0.05) is 48.5 Å². The van der Waals surface area contributed by atoms with E-state index in [-0.39, 0.29) is 0 Å². The topological polar surface area (TPSA) is 18.5 Å². The molecule has 0 fully saturated rings. The molecule has 0 bridgehead atoms. The predicted molar refractivity (Wildman–Crippen MR) is 66.5 cm³/mol. The molecule has 3 heteroatoms. The predicted octanol–water partition coefficient (Wildman–Crippen LogP) is 2.12. The monoisotopic (exact) mass is 220 g/mol. The van der Waals surface area contributed by atoms with Gasteiger partial charge in [-0.05, 0) is 10.8 Å². The zero-order valence-corrected chi connectivity index (χ0v) is 10.6. The van der Waals surface area contributed by atoms with Gasteiger partial charge >= 0.3 is 10.0 Å². The molecule has 15 heavy (non-hydrogen) atoms. The molecule has 2 rings (SSSR count). The summed E-state index contributed by atoms with van der Waals surface area (Å²) < 4.78 is 9.22. The van der Waals surface area contributed by atoms with Gasteiger partial charge in [0.15, 0.2) is 0 Å². The normalized spacial score (nSPS) is 9.47. The van der Waals surface area contributed by atoms with Crippen molar-refractivity contribution in [3.63, 3.8) is 0 Å². The van der Waals surface area contributed by atoms with Crippen LogP contribution >= 0.6 is 0 Å². The van der Waals surface area contributed by atoms with Crippen LogP contribution < -0.4 is 0 Å². The van der Waals surface area contributed by atoms with E-state index in [0.717, 1.165) is 0 Å². The second-order valence-corrected chi connectivity index (χ2v) is 4.43. The second kappa shape index (κ2) is 7.17. The van der Waals surface area contributed by atoms with Gasteiger partial charge < -0.3 is 8.85 Å². The van der Waals surface area contributed by atoms with Crippen LogP contribution in [0.25, 0.3) is 10.8 Å². The molecule has 0 aliphatic heterocycles. The van der Waals surface area contributed by atoms with E-state index in [2.05, 4.69) is 57.4 Å². The van der Waals surface area contributed by atoms with Crippen LogP contribution in [-0.4, -0.2) is 24.2 Å². The highest BCUT2D eigenvalue weighted by molar-refractivity contribution is 6.17. The molecule has 2 aromatic rings. The summed E-state index contributed by atoms with van der Waals surface area (Å²) in [7, 11) is 2.73. The highest BCUT2D eigenvalue weighted by atomic mass is 28.3. The summed E-state index contributed by atoms with van der Waals surface area (Å²) in [6.45, 7) is 0. The Balaban J connectivity index is 0.000000195. The van der Waals surface area contributed by atoms with Crippen LogP contribution in [0.3, 0.4) is 0 Å². The van der Waals surface area contributed by atoms with Crippen molar-refractivity contribution in [1.82, 2.24) is 0 Å². The first-order chi connectivity index (χ1) is 7.38. The second-order valence-electron chi connectivity index (χ2n) is 3.04.